The number of ether oxygens (including phenoxy) is 1. The number of rotatable bonds is 3. The molecule has 1 aromatic rings. The number of carbonyl (C=O) groups is 1. The van der Waals surface area contributed by atoms with Gasteiger partial charge >= 0.3 is 0 Å². The van der Waals surface area contributed by atoms with E-state index >= 15 is 0 Å². The molecule has 4 atom stereocenters. The fourth-order valence-electron chi connectivity index (χ4n) is 2.96. The van der Waals surface area contributed by atoms with Crippen LogP contribution >= 0.6 is 15.9 Å². The summed E-state index contributed by atoms with van der Waals surface area (Å²) in [6.07, 6.45) is 0.875. The second kappa shape index (κ2) is 5.36. The van der Waals surface area contributed by atoms with Crippen molar-refractivity contribution in [3.05, 3.63) is 38.3 Å². The molecule has 8 heteroatoms. The maximum Gasteiger partial charge on any atom is 0.270 e. The number of non-ortho nitro benzene ring substituents is 1. The van der Waals surface area contributed by atoms with Gasteiger partial charge in [0.2, 0.25) is 0 Å². The van der Waals surface area contributed by atoms with Crippen molar-refractivity contribution in [2.24, 2.45) is 11.7 Å². The highest BCUT2D eigenvalue weighted by Crippen LogP contribution is 2.38. The minimum Gasteiger partial charge on any atom is -0.376 e. The quantitative estimate of drug-likeness (QED) is 0.625. The maximum atomic E-state index is 12.3. The highest BCUT2D eigenvalue weighted by molar-refractivity contribution is 9.10. The molecule has 1 aliphatic carbocycles. The molecule has 1 saturated carbocycles. The standard InChI is InChI=1S/C13H14BrN3O4/c14-9-2-1-6(17(19)20)5-8(9)13(18)16-11-10(15)7-3-4-21-12(7)11/h1-2,5,7,10-12H,3-4,15H2,(H,16,18). The van der Waals surface area contributed by atoms with E-state index in [1.165, 1.54) is 18.2 Å². The van der Waals surface area contributed by atoms with Gasteiger partial charge in [-0.3, -0.25) is 14.9 Å². The Morgan fingerprint density at radius 1 is 1.52 bits per heavy atom. The van der Waals surface area contributed by atoms with Crippen molar-refractivity contribution in [2.75, 3.05) is 6.61 Å². The topological polar surface area (TPSA) is 107 Å². The molecule has 1 amide bonds. The van der Waals surface area contributed by atoms with Gasteiger partial charge in [0.25, 0.3) is 11.6 Å². The molecule has 1 saturated heterocycles. The van der Waals surface area contributed by atoms with Gasteiger partial charge in [0.1, 0.15) is 0 Å². The lowest BCUT2D eigenvalue weighted by Crippen LogP contribution is -2.68. The van der Waals surface area contributed by atoms with Crippen LogP contribution in [0.25, 0.3) is 0 Å². The largest absolute Gasteiger partial charge is 0.376 e. The van der Waals surface area contributed by atoms with Crippen molar-refractivity contribution in [3.8, 4) is 0 Å². The number of nitrogens with two attached hydrogens (primary N) is 1. The molecule has 3 rings (SSSR count). The summed E-state index contributed by atoms with van der Waals surface area (Å²) in [6.45, 7) is 0.663. The number of benzene rings is 1. The first-order valence-electron chi connectivity index (χ1n) is 6.61. The maximum absolute atomic E-state index is 12.3. The summed E-state index contributed by atoms with van der Waals surface area (Å²) in [5, 5.41) is 13.6. The Bertz CT molecular complexity index is 609. The average Bonchev–Trinajstić information content (AvgIpc) is 2.89. The molecule has 7 nitrogen and oxygen atoms in total. The van der Waals surface area contributed by atoms with Gasteiger partial charge in [-0.05, 0) is 28.4 Å². The molecule has 1 aliphatic heterocycles. The van der Waals surface area contributed by atoms with Gasteiger partial charge in [-0.1, -0.05) is 0 Å². The number of nitro groups is 1. The van der Waals surface area contributed by atoms with E-state index in [0.29, 0.717) is 17.0 Å². The van der Waals surface area contributed by atoms with Crippen LogP contribution in [0.2, 0.25) is 0 Å². The number of nitrogens with one attached hydrogen (secondary N) is 1. The number of fused-ring (bicyclic) bond motifs is 1. The minimum atomic E-state index is -0.533. The highest BCUT2D eigenvalue weighted by atomic mass is 79.9. The van der Waals surface area contributed by atoms with Crippen molar-refractivity contribution in [2.45, 2.75) is 24.6 Å². The second-order valence-electron chi connectivity index (χ2n) is 5.29. The Balaban J connectivity index is 1.76. The van der Waals surface area contributed by atoms with Crippen molar-refractivity contribution in [1.29, 1.82) is 0 Å². The lowest BCUT2D eigenvalue weighted by atomic mass is 9.72. The molecule has 1 aromatic carbocycles. The Morgan fingerprint density at radius 2 is 2.29 bits per heavy atom. The summed E-state index contributed by atoms with van der Waals surface area (Å²) in [6, 6.07) is 3.71. The third-order valence-corrected chi connectivity index (χ3v) is 4.84. The highest BCUT2D eigenvalue weighted by Gasteiger charge is 2.52. The first-order valence-corrected chi connectivity index (χ1v) is 7.40. The smallest absolute Gasteiger partial charge is 0.270 e. The summed E-state index contributed by atoms with van der Waals surface area (Å²) in [4.78, 5) is 22.6. The zero-order chi connectivity index (χ0) is 15.1. The molecule has 112 valence electrons. The number of nitrogens with zero attached hydrogens (tertiary/aromatic N) is 1. The summed E-state index contributed by atoms with van der Waals surface area (Å²) >= 11 is 3.24. The molecule has 0 bridgehead atoms. The van der Waals surface area contributed by atoms with Crippen LogP contribution in [-0.2, 0) is 4.74 Å². The number of halogens is 1. The molecule has 21 heavy (non-hydrogen) atoms. The van der Waals surface area contributed by atoms with E-state index in [-0.39, 0.29) is 35.3 Å². The van der Waals surface area contributed by atoms with Gasteiger partial charge < -0.3 is 15.8 Å². The van der Waals surface area contributed by atoms with E-state index in [1.54, 1.807) is 0 Å². The van der Waals surface area contributed by atoms with Crippen LogP contribution in [-0.4, -0.2) is 35.6 Å². The van der Waals surface area contributed by atoms with Crippen LogP contribution < -0.4 is 11.1 Å². The van der Waals surface area contributed by atoms with Crippen LogP contribution in [0.3, 0.4) is 0 Å². The van der Waals surface area contributed by atoms with Crippen molar-refractivity contribution in [3.63, 3.8) is 0 Å². The average molecular weight is 356 g/mol. The van der Waals surface area contributed by atoms with Gasteiger partial charge in [0, 0.05) is 35.2 Å². The lowest BCUT2D eigenvalue weighted by Gasteiger charge is -2.45. The SMILES string of the molecule is NC1C2CCOC2C1NC(=O)c1cc([N+](=O)[O-])ccc1Br. The zero-order valence-corrected chi connectivity index (χ0v) is 12.6. The number of hydrogen-bond donors (Lipinski definition) is 2. The molecular formula is C13H14BrN3O4. The zero-order valence-electron chi connectivity index (χ0n) is 11.0. The Kier molecular flexibility index (Phi) is 3.68. The van der Waals surface area contributed by atoms with Crippen LogP contribution in [0.15, 0.2) is 22.7 Å². The van der Waals surface area contributed by atoms with Gasteiger partial charge in [-0.2, -0.15) is 0 Å². The first kappa shape index (κ1) is 14.4. The third-order valence-electron chi connectivity index (χ3n) is 4.15. The van der Waals surface area contributed by atoms with Crippen LogP contribution in [0.4, 0.5) is 5.69 Å². The summed E-state index contributed by atoms with van der Waals surface area (Å²) in [5.41, 5.74) is 6.13. The minimum absolute atomic E-state index is 0.0403. The van der Waals surface area contributed by atoms with E-state index in [9.17, 15) is 14.9 Å². The molecular weight excluding hydrogens is 342 g/mol. The molecule has 4 unspecified atom stereocenters. The number of amides is 1. The Morgan fingerprint density at radius 3 is 3.00 bits per heavy atom. The van der Waals surface area contributed by atoms with E-state index in [1.807, 2.05) is 0 Å². The molecule has 1 heterocycles. The number of hydrogen-bond acceptors (Lipinski definition) is 5. The van der Waals surface area contributed by atoms with Crippen molar-refractivity contribution >= 4 is 27.5 Å². The van der Waals surface area contributed by atoms with E-state index in [4.69, 9.17) is 10.5 Å². The monoisotopic (exact) mass is 355 g/mol. The van der Waals surface area contributed by atoms with E-state index in [2.05, 4.69) is 21.2 Å². The Hall–Kier alpha value is -1.51. The lowest BCUT2D eigenvalue weighted by molar-refractivity contribution is -0.384. The molecule has 0 radical (unpaired) electrons. The van der Waals surface area contributed by atoms with Crippen molar-refractivity contribution in [1.82, 2.24) is 5.32 Å². The second-order valence-corrected chi connectivity index (χ2v) is 6.14. The summed E-state index contributed by atoms with van der Waals surface area (Å²) in [5.74, 6) is -0.0937. The molecule has 0 aromatic heterocycles. The van der Waals surface area contributed by atoms with Gasteiger partial charge in [0.15, 0.2) is 0 Å². The van der Waals surface area contributed by atoms with Gasteiger partial charge in [-0.15, -0.1) is 0 Å². The summed E-state index contributed by atoms with van der Waals surface area (Å²) < 4.78 is 6.05. The fourth-order valence-corrected chi connectivity index (χ4v) is 3.38. The fraction of sp³-hybridized carbons (Fsp3) is 0.462. The molecule has 2 aliphatic rings. The predicted molar refractivity (Wildman–Crippen MR) is 77.9 cm³/mol. The van der Waals surface area contributed by atoms with Gasteiger partial charge in [0.05, 0.1) is 22.6 Å². The third kappa shape index (κ3) is 2.43. The normalized spacial score (nSPS) is 30.4. The molecule has 2 fully saturated rings. The Labute approximate surface area is 129 Å². The van der Waals surface area contributed by atoms with Gasteiger partial charge in [-0.25, -0.2) is 0 Å². The predicted octanol–water partition coefficient (Wildman–Crippen LogP) is 1.20. The van der Waals surface area contributed by atoms with Crippen molar-refractivity contribution < 1.29 is 14.5 Å². The first-order chi connectivity index (χ1) is 9.99. The molecule has 3 N–H and O–H groups in total. The van der Waals surface area contributed by atoms with E-state index in [0.717, 1.165) is 6.42 Å². The van der Waals surface area contributed by atoms with Crippen LogP contribution in [0, 0.1) is 16.0 Å². The van der Waals surface area contributed by atoms with Crippen LogP contribution in [0.5, 0.6) is 0 Å². The van der Waals surface area contributed by atoms with E-state index < -0.39 is 4.92 Å². The number of carbonyl (C=O) groups excluding carboxylic acids is 1. The summed E-state index contributed by atoms with van der Waals surface area (Å²) in [7, 11) is 0. The molecule has 0 spiro atoms. The number of nitro benzene ring substituents is 1. The van der Waals surface area contributed by atoms with Crippen LogP contribution in [0.1, 0.15) is 16.8 Å².